The second-order valence-corrected chi connectivity index (χ2v) is 4.56. The van der Waals surface area contributed by atoms with Crippen molar-refractivity contribution in [1.29, 1.82) is 0 Å². The minimum absolute atomic E-state index is 0.221. The van der Waals surface area contributed by atoms with Gasteiger partial charge >= 0.3 is 0 Å². The van der Waals surface area contributed by atoms with Gasteiger partial charge < -0.3 is 14.8 Å². The van der Waals surface area contributed by atoms with Crippen molar-refractivity contribution in [3.63, 3.8) is 0 Å². The van der Waals surface area contributed by atoms with E-state index in [1.165, 1.54) is 6.42 Å². The number of nitrogens with zero attached hydrogens (tertiary/aromatic N) is 1. The summed E-state index contributed by atoms with van der Waals surface area (Å²) >= 11 is 0. The van der Waals surface area contributed by atoms with Crippen LogP contribution in [0.3, 0.4) is 0 Å². The van der Waals surface area contributed by atoms with Gasteiger partial charge in [0.1, 0.15) is 0 Å². The van der Waals surface area contributed by atoms with Crippen LogP contribution in [0.4, 0.5) is 0 Å². The van der Waals surface area contributed by atoms with E-state index in [0.29, 0.717) is 6.04 Å². The van der Waals surface area contributed by atoms with Gasteiger partial charge in [-0.1, -0.05) is 6.92 Å². The second-order valence-electron chi connectivity index (χ2n) is 4.56. The molecule has 0 aromatic carbocycles. The van der Waals surface area contributed by atoms with Gasteiger partial charge in [-0.3, -0.25) is 4.90 Å². The predicted molar refractivity (Wildman–Crippen MR) is 65.8 cm³/mol. The van der Waals surface area contributed by atoms with Gasteiger partial charge in [-0.25, -0.2) is 0 Å². The van der Waals surface area contributed by atoms with Crippen LogP contribution in [0, 0.1) is 0 Å². The molecule has 1 fully saturated rings. The summed E-state index contributed by atoms with van der Waals surface area (Å²) < 4.78 is 10.9. The van der Waals surface area contributed by atoms with Gasteiger partial charge in [-0.2, -0.15) is 0 Å². The van der Waals surface area contributed by atoms with Crippen LogP contribution in [0.15, 0.2) is 0 Å². The van der Waals surface area contributed by atoms with Crippen molar-refractivity contribution in [3.05, 3.63) is 0 Å². The number of likely N-dealkylation sites (tertiary alicyclic amines) is 1. The van der Waals surface area contributed by atoms with E-state index in [2.05, 4.69) is 24.1 Å². The zero-order chi connectivity index (χ0) is 12.0. The molecule has 1 heterocycles. The van der Waals surface area contributed by atoms with E-state index in [0.717, 1.165) is 26.2 Å². The van der Waals surface area contributed by atoms with E-state index in [-0.39, 0.29) is 12.2 Å². The maximum Gasteiger partial charge on any atom is 0.0971 e. The fraction of sp³-hybridized carbons (Fsp3) is 1.00. The van der Waals surface area contributed by atoms with E-state index in [4.69, 9.17) is 9.47 Å². The van der Waals surface area contributed by atoms with Gasteiger partial charge in [0.25, 0.3) is 0 Å². The Hall–Kier alpha value is -0.160. The Labute approximate surface area is 99.3 Å². The highest BCUT2D eigenvalue weighted by Gasteiger charge is 2.34. The summed E-state index contributed by atoms with van der Waals surface area (Å²) in [5.41, 5.74) is 0. The van der Waals surface area contributed by atoms with E-state index >= 15 is 0 Å². The van der Waals surface area contributed by atoms with Crippen molar-refractivity contribution in [2.75, 3.05) is 40.4 Å². The van der Waals surface area contributed by atoms with Crippen molar-refractivity contribution in [3.8, 4) is 0 Å². The van der Waals surface area contributed by atoms with Gasteiger partial charge in [0.05, 0.1) is 12.2 Å². The van der Waals surface area contributed by atoms with Crippen LogP contribution in [0.1, 0.15) is 20.3 Å². The Morgan fingerprint density at radius 2 is 1.81 bits per heavy atom. The first-order chi connectivity index (χ1) is 7.72. The zero-order valence-corrected chi connectivity index (χ0v) is 11.0. The van der Waals surface area contributed by atoms with Gasteiger partial charge in [-0.15, -0.1) is 0 Å². The van der Waals surface area contributed by atoms with Crippen molar-refractivity contribution < 1.29 is 9.47 Å². The Morgan fingerprint density at radius 3 is 2.25 bits per heavy atom. The summed E-state index contributed by atoms with van der Waals surface area (Å²) in [7, 11) is 3.53. The van der Waals surface area contributed by atoms with Crippen molar-refractivity contribution >= 4 is 0 Å². The SMILES string of the molecule is CCCNCC(C)N1CC(OC)C(OC)C1. The highest BCUT2D eigenvalue weighted by Crippen LogP contribution is 2.17. The van der Waals surface area contributed by atoms with Crippen LogP contribution < -0.4 is 5.32 Å². The third kappa shape index (κ3) is 3.70. The molecular formula is C12H26N2O2. The first kappa shape index (κ1) is 13.9. The average Bonchev–Trinajstić information content (AvgIpc) is 2.72. The molecule has 1 N–H and O–H groups in total. The lowest BCUT2D eigenvalue weighted by molar-refractivity contribution is -0.00461. The third-order valence-corrected chi connectivity index (χ3v) is 3.34. The Bertz CT molecular complexity index is 178. The van der Waals surface area contributed by atoms with Crippen LogP contribution in [0.2, 0.25) is 0 Å². The maximum absolute atomic E-state index is 5.43. The summed E-state index contributed by atoms with van der Waals surface area (Å²) in [5.74, 6) is 0. The Morgan fingerprint density at radius 1 is 1.25 bits per heavy atom. The van der Waals surface area contributed by atoms with E-state index in [1.807, 2.05) is 0 Å². The minimum atomic E-state index is 0.221. The fourth-order valence-electron chi connectivity index (χ4n) is 2.20. The van der Waals surface area contributed by atoms with Crippen LogP contribution in [-0.2, 0) is 9.47 Å². The molecule has 0 saturated carbocycles. The highest BCUT2D eigenvalue weighted by molar-refractivity contribution is 4.88. The number of rotatable bonds is 7. The first-order valence-corrected chi connectivity index (χ1v) is 6.23. The van der Waals surface area contributed by atoms with E-state index in [9.17, 15) is 0 Å². The molecule has 3 atom stereocenters. The highest BCUT2D eigenvalue weighted by atomic mass is 16.5. The summed E-state index contributed by atoms with van der Waals surface area (Å²) in [4.78, 5) is 2.44. The minimum Gasteiger partial charge on any atom is -0.377 e. The first-order valence-electron chi connectivity index (χ1n) is 6.23. The number of nitrogens with one attached hydrogen (secondary N) is 1. The lowest BCUT2D eigenvalue weighted by atomic mass is 10.3. The average molecular weight is 230 g/mol. The standard InChI is InChI=1S/C12H26N2O2/c1-5-6-13-7-10(2)14-8-11(15-3)12(9-14)16-4/h10-13H,5-9H2,1-4H3. The molecule has 3 unspecified atom stereocenters. The van der Waals surface area contributed by atoms with Crippen molar-refractivity contribution in [2.45, 2.75) is 38.5 Å². The van der Waals surface area contributed by atoms with Gasteiger partial charge in [0, 0.05) is 39.9 Å². The molecule has 0 aromatic heterocycles. The maximum atomic E-state index is 5.43. The molecule has 0 amide bonds. The molecule has 0 bridgehead atoms. The molecule has 1 aliphatic rings. The molecule has 4 heteroatoms. The largest absolute Gasteiger partial charge is 0.377 e. The quantitative estimate of drug-likeness (QED) is 0.654. The molecule has 0 spiro atoms. The van der Waals surface area contributed by atoms with Crippen LogP contribution >= 0.6 is 0 Å². The lowest BCUT2D eigenvalue weighted by Crippen LogP contribution is -2.40. The number of ether oxygens (including phenoxy) is 2. The van der Waals surface area contributed by atoms with E-state index in [1.54, 1.807) is 14.2 Å². The normalized spacial score (nSPS) is 28.5. The van der Waals surface area contributed by atoms with Crippen LogP contribution in [0.25, 0.3) is 0 Å². The number of hydrogen-bond donors (Lipinski definition) is 1. The van der Waals surface area contributed by atoms with Gasteiger partial charge in [0.2, 0.25) is 0 Å². The second kappa shape index (κ2) is 7.22. The van der Waals surface area contributed by atoms with Gasteiger partial charge in [0.15, 0.2) is 0 Å². The van der Waals surface area contributed by atoms with Crippen molar-refractivity contribution in [1.82, 2.24) is 10.2 Å². The fourth-order valence-corrected chi connectivity index (χ4v) is 2.20. The number of hydrogen-bond acceptors (Lipinski definition) is 4. The molecule has 1 saturated heterocycles. The zero-order valence-electron chi connectivity index (χ0n) is 11.0. The molecular weight excluding hydrogens is 204 g/mol. The summed E-state index contributed by atoms with van der Waals surface area (Å²) in [5, 5.41) is 3.45. The Kier molecular flexibility index (Phi) is 6.28. The molecule has 0 aliphatic carbocycles. The Balaban J connectivity index is 2.32. The van der Waals surface area contributed by atoms with Crippen molar-refractivity contribution in [2.24, 2.45) is 0 Å². The molecule has 1 aliphatic heterocycles. The van der Waals surface area contributed by atoms with Crippen LogP contribution in [0.5, 0.6) is 0 Å². The molecule has 16 heavy (non-hydrogen) atoms. The third-order valence-electron chi connectivity index (χ3n) is 3.34. The topological polar surface area (TPSA) is 33.7 Å². The summed E-state index contributed by atoms with van der Waals surface area (Å²) in [6, 6.07) is 0.546. The molecule has 4 nitrogen and oxygen atoms in total. The lowest BCUT2D eigenvalue weighted by Gasteiger charge is -2.24. The van der Waals surface area contributed by atoms with Crippen LogP contribution in [-0.4, -0.2) is 63.5 Å². The smallest absolute Gasteiger partial charge is 0.0971 e. The number of methoxy groups -OCH3 is 2. The van der Waals surface area contributed by atoms with E-state index < -0.39 is 0 Å². The molecule has 0 aromatic rings. The summed E-state index contributed by atoms with van der Waals surface area (Å²) in [6.45, 7) is 8.54. The summed E-state index contributed by atoms with van der Waals surface area (Å²) in [6.07, 6.45) is 1.63. The predicted octanol–water partition coefficient (Wildman–Crippen LogP) is 0.720. The molecule has 96 valence electrons. The molecule has 1 rings (SSSR count). The molecule has 0 radical (unpaired) electrons. The monoisotopic (exact) mass is 230 g/mol. The van der Waals surface area contributed by atoms with Gasteiger partial charge in [-0.05, 0) is 19.9 Å².